The summed E-state index contributed by atoms with van der Waals surface area (Å²) in [5.74, 6) is 0. The summed E-state index contributed by atoms with van der Waals surface area (Å²) in [4.78, 5) is 5.73. The fourth-order valence-electron chi connectivity index (χ4n) is 2.50. The van der Waals surface area contributed by atoms with E-state index in [1.807, 2.05) is 42.6 Å². The lowest BCUT2D eigenvalue weighted by Crippen LogP contribution is -1.90. The van der Waals surface area contributed by atoms with Crippen LogP contribution >= 0.6 is 22.9 Å². The van der Waals surface area contributed by atoms with Gasteiger partial charge in [0.25, 0.3) is 0 Å². The Morgan fingerprint density at radius 3 is 2.65 bits per heavy atom. The number of rotatable bonds is 5. The van der Waals surface area contributed by atoms with Crippen molar-refractivity contribution in [3.8, 4) is 21.7 Å². The maximum Gasteiger partial charge on any atom is 0.203 e. The Labute approximate surface area is 160 Å². The highest BCUT2D eigenvalue weighted by Crippen LogP contribution is 2.26. The molecule has 0 aliphatic carbocycles. The lowest BCUT2D eigenvalue weighted by Gasteiger charge is -1.99. The fraction of sp³-hybridized carbons (Fsp3) is 0.0500. The molecule has 0 bridgehead atoms. The van der Waals surface area contributed by atoms with Gasteiger partial charge in [-0.25, -0.2) is 4.98 Å². The molecule has 0 aliphatic rings. The van der Waals surface area contributed by atoms with Crippen LogP contribution in [0.25, 0.3) is 21.7 Å². The van der Waals surface area contributed by atoms with E-state index in [0.717, 1.165) is 38.1 Å². The van der Waals surface area contributed by atoms with E-state index in [1.165, 1.54) is 22.9 Å². The normalized spacial score (nSPS) is 11.1. The second-order valence-electron chi connectivity index (χ2n) is 5.73. The molecule has 0 saturated carbocycles. The molecule has 128 valence electrons. The molecular weight excluding hydrogens is 360 g/mol. The monoisotopic (exact) mass is 376 g/mol. The van der Waals surface area contributed by atoms with Crippen LogP contribution in [0.2, 0.25) is 0 Å². The van der Waals surface area contributed by atoms with Gasteiger partial charge >= 0.3 is 0 Å². The minimum Gasteiger partial charge on any atom is -0.253 e. The number of aromatic nitrogens is 2. The molecule has 0 radical (unpaired) electrons. The SMILES string of the molecule is Cc1cc(-c2cccc(C=NNc3nc(-c4ccccc4)cs3)c2)sn1. The van der Waals surface area contributed by atoms with Crippen molar-refractivity contribution in [1.29, 1.82) is 0 Å². The van der Waals surface area contributed by atoms with Gasteiger partial charge in [0, 0.05) is 10.9 Å². The van der Waals surface area contributed by atoms with E-state index >= 15 is 0 Å². The molecule has 0 spiro atoms. The molecule has 4 aromatic rings. The van der Waals surface area contributed by atoms with Crippen LogP contribution in [0.3, 0.4) is 0 Å². The molecule has 2 heterocycles. The molecule has 0 aliphatic heterocycles. The average molecular weight is 377 g/mol. The van der Waals surface area contributed by atoms with Crippen LogP contribution in [0.5, 0.6) is 0 Å². The van der Waals surface area contributed by atoms with Gasteiger partial charge in [0.15, 0.2) is 0 Å². The Bertz CT molecular complexity index is 1030. The van der Waals surface area contributed by atoms with E-state index in [1.54, 1.807) is 6.21 Å². The largest absolute Gasteiger partial charge is 0.253 e. The first-order valence-electron chi connectivity index (χ1n) is 8.12. The molecular formula is C20H16N4S2. The lowest BCUT2D eigenvalue weighted by molar-refractivity contribution is 1.29. The molecule has 4 rings (SSSR count). The summed E-state index contributed by atoms with van der Waals surface area (Å²) in [5, 5.41) is 7.12. The Kier molecular flexibility index (Phi) is 4.86. The molecule has 0 amide bonds. The molecule has 26 heavy (non-hydrogen) atoms. The summed E-state index contributed by atoms with van der Waals surface area (Å²) < 4.78 is 4.34. The van der Waals surface area contributed by atoms with Crippen LogP contribution < -0.4 is 5.43 Å². The third kappa shape index (κ3) is 3.87. The van der Waals surface area contributed by atoms with Crippen LogP contribution in [0.1, 0.15) is 11.3 Å². The third-order valence-electron chi connectivity index (χ3n) is 3.75. The lowest BCUT2D eigenvalue weighted by atomic mass is 10.1. The minimum absolute atomic E-state index is 0.773. The zero-order valence-electron chi connectivity index (χ0n) is 14.1. The van der Waals surface area contributed by atoms with Crippen molar-refractivity contribution in [2.45, 2.75) is 6.92 Å². The van der Waals surface area contributed by atoms with E-state index < -0.39 is 0 Å². The fourth-order valence-corrected chi connectivity index (χ4v) is 3.92. The first-order valence-corrected chi connectivity index (χ1v) is 9.77. The maximum atomic E-state index is 4.57. The van der Waals surface area contributed by atoms with Gasteiger partial charge in [0.05, 0.1) is 22.5 Å². The highest BCUT2D eigenvalue weighted by Gasteiger charge is 2.04. The van der Waals surface area contributed by atoms with Gasteiger partial charge in [0.2, 0.25) is 5.13 Å². The van der Waals surface area contributed by atoms with Gasteiger partial charge in [0.1, 0.15) is 0 Å². The Morgan fingerprint density at radius 1 is 1.00 bits per heavy atom. The van der Waals surface area contributed by atoms with Crippen LogP contribution in [-0.2, 0) is 0 Å². The van der Waals surface area contributed by atoms with Crippen molar-refractivity contribution >= 4 is 34.2 Å². The van der Waals surface area contributed by atoms with Crippen LogP contribution in [-0.4, -0.2) is 15.6 Å². The molecule has 0 saturated heterocycles. The highest BCUT2D eigenvalue weighted by atomic mass is 32.1. The number of hydrogen-bond donors (Lipinski definition) is 1. The zero-order valence-corrected chi connectivity index (χ0v) is 15.7. The van der Waals surface area contributed by atoms with Crippen molar-refractivity contribution in [2.24, 2.45) is 5.10 Å². The summed E-state index contributed by atoms with van der Waals surface area (Å²) in [5.41, 5.74) is 8.30. The van der Waals surface area contributed by atoms with Crippen LogP contribution in [0, 0.1) is 6.92 Å². The first-order chi connectivity index (χ1) is 12.8. The summed E-state index contributed by atoms with van der Waals surface area (Å²) in [6.07, 6.45) is 1.81. The number of hydrazone groups is 1. The van der Waals surface area contributed by atoms with Crippen molar-refractivity contribution in [2.75, 3.05) is 5.43 Å². The number of thiazole rings is 1. The number of anilines is 1. The number of aryl methyl sites for hydroxylation is 1. The number of nitrogens with zero attached hydrogens (tertiary/aromatic N) is 3. The van der Waals surface area contributed by atoms with Gasteiger partial charge in [-0.1, -0.05) is 48.5 Å². The van der Waals surface area contributed by atoms with Gasteiger partial charge in [-0.3, -0.25) is 5.43 Å². The molecule has 6 heteroatoms. The van der Waals surface area contributed by atoms with E-state index in [0.29, 0.717) is 0 Å². The number of nitrogens with one attached hydrogen (secondary N) is 1. The summed E-state index contributed by atoms with van der Waals surface area (Å²) in [6.45, 7) is 2.01. The predicted octanol–water partition coefficient (Wildman–Crippen LogP) is 5.69. The van der Waals surface area contributed by atoms with Crippen molar-refractivity contribution in [3.05, 3.63) is 77.3 Å². The van der Waals surface area contributed by atoms with Crippen molar-refractivity contribution in [1.82, 2.24) is 9.36 Å². The molecule has 0 fully saturated rings. The Balaban J connectivity index is 1.45. The maximum absolute atomic E-state index is 4.57. The summed E-state index contributed by atoms with van der Waals surface area (Å²) in [7, 11) is 0. The standard InChI is InChI=1S/C20H16N4S2/c1-14-10-19(26-24-14)17-9-5-6-15(11-17)12-21-23-20-22-18(13-25-20)16-7-3-2-4-8-16/h2-13H,1H3,(H,22,23). The highest BCUT2D eigenvalue weighted by molar-refractivity contribution is 7.14. The van der Waals surface area contributed by atoms with E-state index in [9.17, 15) is 0 Å². The van der Waals surface area contributed by atoms with E-state index in [-0.39, 0.29) is 0 Å². The Hall–Kier alpha value is -2.83. The molecule has 0 unspecified atom stereocenters. The average Bonchev–Trinajstić information content (AvgIpc) is 3.32. The molecule has 2 aromatic heterocycles. The van der Waals surface area contributed by atoms with Crippen LogP contribution in [0.15, 0.2) is 71.1 Å². The van der Waals surface area contributed by atoms with E-state index in [4.69, 9.17) is 0 Å². The smallest absolute Gasteiger partial charge is 0.203 e. The van der Waals surface area contributed by atoms with Crippen LogP contribution in [0.4, 0.5) is 5.13 Å². The topological polar surface area (TPSA) is 50.2 Å². The predicted molar refractivity (Wildman–Crippen MR) is 111 cm³/mol. The van der Waals surface area contributed by atoms with Gasteiger partial charge in [-0.2, -0.15) is 9.47 Å². The summed E-state index contributed by atoms with van der Waals surface area (Å²) >= 11 is 3.05. The first kappa shape index (κ1) is 16.6. The van der Waals surface area contributed by atoms with Crippen molar-refractivity contribution in [3.63, 3.8) is 0 Å². The molecule has 0 atom stereocenters. The zero-order chi connectivity index (χ0) is 17.8. The number of hydrogen-bond acceptors (Lipinski definition) is 6. The quantitative estimate of drug-likeness (QED) is 0.360. The molecule has 4 nitrogen and oxygen atoms in total. The van der Waals surface area contributed by atoms with Crippen molar-refractivity contribution < 1.29 is 0 Å². The second kappa shape index (κ2) is 7.59. The second-order valence-corrected chi connectivity index (χ2v) is 7.40. The van der Waals surface area contributed by atoms with E-state index in [2.05, 4.69) is 50.2 Å². The minimum atomic E-state index is 0.773. The van der Waals surface area contributed by atoms with Gasteiger partial charge < -0.3 is 0 Å². The Morgan fingerprint density at radius 2 is 1.85 bits per heavy atom. The third-order valence-corrected chi connectivity index (χ3v) is 5.42. The number of benzene rings is 2. The summed E-state index contributed by atoms with van der Waals surface area (Å²) in [6, 6.07) is 20.5. The van der Waals surface area contributed by atoms with Gasteiger partial charge in [-0.05, 0) is 41.7 Å². The molecule has 2 aromatic carbocycles. The van der Waals surface area contributed by atoms with Gasteiger partial charge in [-0.15, -0.1) is 11.3 Å². The molecule has 1 N–H and O–H groups in total.